The number of carbonyl (C=O) groups excluding carboxylic acids is 2. The number of fused-ring (bicyclic) bond motifs is 1. The van der Waals surface area contributed by atoms with Crippen LogP contribution in [-0.4, -0.2) is 27.7 Å². The Labute approximate surface area is 173 Å². The molecule has 0 aliphatic heterocycles. The average Bonchev–Trinajstić information content (AvgIpc) is 3.03. The number of halogens is 2. The molecule has 1 aromatic carbocycles. The van der Waals surface area contributed by atoms with Crippen LogP contribution in [0.15, 0.2) is 42.6 Å². The average molecular weight is 417 g/mol. The van der Waals surface area contributed by atoms with Gasteiger partial charge in [0.15, 0.2) is 0 Å². The van der Waals surface area contributed by atoms with E-state index in [9.17, 15) is 14.0 Å². The Hall–Kier alpha value is -2.93. The molecule has 0 radical (unpaired) electrons. The third-order valence-corrected chi connectivity index (χ3v) is 4.78. The molecule has 0 atom stereocenters. The zero-order valence-electron chi connectivity index (χ0n) is 16.0. The number of aryl methyl sites for hydroxylation is 1. The van der Waals surface area contributed by atoms with E-state index in [1.165, 1.54) is 18.2 Å². The maximum absolute atomic E-state index is 13.1. The van der Waals surface area contributed by atoms with Gasteiger partial charge in [-0.05, 0) is 50.1 Å². The van der Waals surface area contributed by atoms with Gasteiger partial charge in [-0.3, -0.25) is 14.0 Å². The van der Waals surface area contributed by atoms with Gasteiger partial charge in [-0.25, -0.2) is 9.37 Å². The number of hydrogen-bond donors (Lipinski definition) is 2. The summed E-state index contributed by atoms with van der Waals surface area (Å²) in [4.78, 5) is 28.8. The van der Waals surface area contributed by atoms with Crippen LogP contribution in [0.2, 0.25) is 5.02 Å². The Morgan fingerprint density at radius 1 is 1.17 bits per heavy atom. The maximum Gasteiger partial charge on any atom is 0.270 e. The van der Waals surface area contributed by atoms with Gasteiger partial charge in [-0.1, -0.05) is 24.1 Å². The van der Waals surface area contributed by atoms with Gasteiger partial charge >= 0.3 is 0 Å². The SMILES string of the molecule is Cc1nc2ccccn2c1C(=O)NCCCCCC(=O)Nc1ccc(F)c(Cl)c1. The standard InChI is InChI=1S/C21H22ClFN4O2/c1-14-20(27-12-6-4-7-18(27)25-14)21(29)24-11-5-2-3-8-19(28)26-15-9-10-17(23)16(22)13-15/h4,6-7,9-10,12-13H,2-3,5,8,11H2,1H3,(H,24,29)(H,26,28). The summed E-state index contributed by atoms with van der Waals surface area (Å²) in [7, 11) is 0. The van der Waals surface area contributed by atoms with Gasteiger partial charge in [0.05, 0.1) is 10.7 Å². The van der Waals surface area contributed by atoms with Gasteiger partial charge < -0.3 is 10.6 Å². The predicted octanol–water partition coefficient (Wildman–Crippen LogP) is 4.36. The highest BCUT2D eigenvalue weighted by molar-refractivity contribution is 6.31. The number of benzene rings is 1. The first-order valence-corrected chi connectivity index (χ1v) is 9.80. The van der Waals surface area contributed by atoms with Crippen molar-refractivity contribution in [1.29, 1.82) is 0 Å². The van der Waals surface area contributed by atoms with Crippen molar-refractivity contribution < 1.29 is 14.0 Å². The van der Waals surface area contributed by atoms with Crippen molar-refractivity contribution in [2.75, 3.05) is 11.9 Å². The van der Waals surface area contributed by atoms with Crippen LogP contribution in [0.4, 0.5) is 10.1 Å². The molecule has 3 rings (SSSR count). The van der Waals surface area contributed by atoms with E-state index in [4.69, 9.17) is 11.6 Å². The number of unbranched alkanes of at least 4 members (excludes halogenated alkanes) is 2. The minimum absolute atomic E-state index is 0.0280. The highest BCUT2D eigenvalue weighted by atomic mass is 35.5. The lowest BCUT2D eigenvalue weighted by molar-refractivity contribution is -0.116. The van der Waals surface area contributed by atoms with Gasteiger partial charge in [0.1, 0.15) is 17.2 Å². The molecule has 0 saturated heterocycles. The number of aromatic nitrogens is 2. The van der Waals surface area contributed by atoms with Crippen LogP contribution in [0, 0.1) is 12.7 Å². The first-order chi connectivity index (χ1) is 14.0. The smallest absolute Gasteiger partial charge is 0.270 e. The van der Waals surface area contributed by atoms with Crippen molar-refractivity contribution in [1.82, 2.24) is 14.7 Å². The van der Waals surface area contributed by atoms with E-state index in [-0.39, 0.29) is 16.8 Å². The minimum Gasteiger partial charge on any atom is -0.351 e. The van der Waals surface area contributed by atoms with Crippen molar-refractivity contribution in [3.05, 3.63) is 64.8 Å². The molecular weight excluding hydrogens is 395 g/mol. The first kappa shape index (κ1) is 20.8. The molecule has 0 aliphatic rings. The Balaban J connectivity index is 1.37. The molecular formula is C21H22ClFN4O2. The van der Waals surface area contributed by atoms with Crippen LogP contribution in [0.25, 0.3) is 5.65 Å². The molecule has 0 saturated carbocycles. The lowest BCUT2D eigenvalue weighted by Crippen LogP contribution is -2.26. The Kier molecular flexibility index (Phi) is 6.82. The number of hydrogen-bond acceptors (Lipinski definition) is 3. The zero-order valence-corrected chi connectivity index (χ0v) is 16.8. The summed E-state index contributed by atoms with van der Waals surface area (Å²) < 4.78 is 14.9. The van der Waals surface area contributed by atoms with Gasteiger partial charge in [-0.15, -0.1) is 0 Å². The minimum atomic E-state index is -0.522. The van der Waals surface area contributed by atoms with Crippen LogP contribution < -0.4 is 10.6 Å². The van der Waals surface area contributed by atoms with E-state index in [0.717, 1.165) is 18.5 Å². The normalized spacial score (nSPS) is 10.9. The molecule has 2 N–H and O–H groups in total. The first-order valence-electron chi connectivity index (χ1n) is 9.42. The fourth-order valence-corrected chi connectivity index (χ4v) is 3.24. The van der Waals surface area contributed by atoms with Crippen LogP contribution >= 0.6 is 11.6 Å². The van der Waals surface area contributed by atoms with E-state index < -0.39 is 5.82 Å². The summed E-state index contributed by atoms with van der Waals surface area (Å²) in [5.41, 5.74) is 2.44. The number of nitrogens with zero attached hydrogens (tertiary/aromatic N) is 2. The molecule has 152 valence electrons. The number of pyridine rings is 1. The number of imidazole rings is 1. The van der Waals surface area contributed by atoms with Crippen molar-refractivity contribution in [3.8, 4) is 0 Å². The van der Waals surface area contributed by atoms with Crippen molar-refractivity contribution >= 4 is 34.7 Å². The van der Waals surface area contributed by atoms with Crippen LogP contribution in [-0.2, 0) is 4.79 Å². The molecule has 0 bridgehead atoms. The van der Waals surface area contributed by atoms with E-state index >= 15 is 0 Å². The molecule has 6 nitrogen and oxygen atoms in total. The van der Waals surface area contributed by atoms with E-state index in [1.54, 1.807) is 4.40 Å². The summed E-state index contributed by atoms with van der Waals surface area (Å²) >= 11 is 5.70. The quantitative estimate of drug-likeness (QED) is 0.535. The summed E-state index contributed by atoms with van der Waals surface area (Å²) in [5, 5.41) is 5.57. The number of rotatable bonds is 8. The van der Waals surface area contributed by atoms with Crippen molar-refractivity contribution in [2.45, 2.75) is 32.6 Å². The molecule has 29 heavy (non-hydrogen) atoms. The number of carbonyl (C=O) groups is 2. The molecule has 0 unspecified atom stereocenters. The molecule has 0 fully saturated rings. The van der Waals surface area contributed by atoms with E-state index in [0.29, 0.717) is 36.5 Å². The molecule has 8 heteroatoms. The molecule has 0 aliphatic carbocycles. The van der Waals surface area contributed by atoms with Crippen molar-refractivity contribution in [3.63, 3.8) is 0 Å². The molecule has 2 heterocycles. The lowest BCUT2D eigenvalue weighted by Gasteiger charge is -2.07. The van der Waals surface area contributed by atoms with E-state index in [2.05, 4.69) is 15.6 Å². The van der Waals surface area contributed by atoms with E-state index in [1.807, 2.05) is 31.3 Å². The summed E-state index contributed by atoms with van der Waals surface area (Å²) in [6, 6.07) is 9.66. The molecule has 2 amide bonds. The Morgan fingerprint density at radius 2 is 2.00 bits per heavy atom. The highest BCUT2D eigenvalue weighted by Crippen LogP contribution is 2.19. The van der Waals surface area contributed by atoms with Crippen molar-refractivity contribution in [2.24, 2.45) is 0 Å². The summed E-state index contributed by atoms with van der Waals surface area (Å²) in [5.74, 6) is -0.837. The molecule has 2 aromatic heterocycles. The Bertz CT molecular complexity index is 1030. The fourth-order valence-electron chi connectivity index (χ4n) is 3.06. The Morgan fingerprint density at radius 3 is 2.79 bits per heavy atom. The van der Waals surface area contributed by atoms with Gasteiger partial charge in [-0.2, -0.15) is 0 Å². The summed E-state index contributed by atoms with van der Waals surface area (Å²) in [6.07, 6.45) is 4.40. The molecule has 3 aromatic rings. The second-order valence-corrected chi connectivity index (χ2v) is 7.13. The van der Waals surface area contributed by atoms with Gasteiger partial charge in [0.25, 0.3) is 5.91 Å². The third-order valence-electron chi connectivity index (χ3n) is 4.49. The number of nitrogens with one attached hydrogen (secondary N) is 2. The summed E-state index contributed by atoms with van der Waals surface area (Å²) in [6.45, 7) is 2.34. The van der Waals surface area contributed by atoms with Crippen LogP contribution in [0.5, 0.6) is 0 Å². The second-order valence-electron chi connectivity index (χ2n) is 6.72. The lowest BCUT2D eigenvalue weighted by atomic mass is 10.2. The number of anilines is 1. The van der Waals surface area contributed by atoms with Crippen LogP contribution in [0.3, 0.4) is 0 Å². The monoisotopic (exact) mass is 416 g/mol. The highest BCUT2D eigenvalue weighted by Gasteiger charge is 2.15. The zero-order chi connectivity index (χ0) is 20.8. The topological polar surface area (TPSA) is 75.5 Å². The fraction of sp³-hybridized carbons (Fsp3) is 0.286. The largest absolute Gasteiger partial charge is 0.351 e. The van der Waals surface area contributed by atoms with Gasteiger partial charge in [0, 0.05) is 24.8 Å². The maximum atomic E-state index is 13.1. The van der Waals surface area contributed by atoms with Gasteiger partial charge in [0.2, 0.25) is 5.91 Å². The molecule has 0 spiro atoms. The second kappa shape index (κ2) is 9.52. The third kappa shape index (κ3) is 5.32. The van der Waals surface area contributed by atoms with Crippen LogP contribution in [0.1, 0.15) is 41.9 Å². The predicted molar refractivity (Wildman–Crippen MR) is 111 cm³/mol. The number of amides is 2.